The molecule has 122 valence electrons. The Morgan fingerprint density at radius 1 is 0.750 bits per heavy atom. The van der Waals surface area contributed by atoms with Gasteiger partial charge < -0.3 is 17.1 Å². The summed E-state index contributed by atoms with van der Waals surface area (Å²) in [6.07, 6.45) is 2.32. The number of halogens is 1. The maximum absolute atomic E-state index is 5.79. The normalized spacial score (nSPS) is 11.9. The largest absolute Gasteiger partial charge is 1.00 e. The van der Waals surface area contributed by atoms with Gasteiger partial charge in [-0.05, 0) is 42.8 Å². The summed E-state index contributed by atoms with van der Waals surface area (Å²) >= 11 is 0. The van der Waals surface area contributed by atoms with Crippen molar-refractivity contribution < 1.29 is 17.1 Å². The van der Waals surface area contributed by atoms with Gasteiger partial charge >= 0.3 is 0 Å². The van der Waals surface area contributed by atoms with Gasteiger partial charge in [0.2, 0.25) is 5.75 Å². The molecule has 0 amide bonds. The van der Waals surface area contributed by atoms with E-state index in [4.69, 9.17) is 4.74 Å². The summed E-state index contributed by atoms with van der Waals surface area (Å²) in [4.78, 5) is 0. The van der Waals surface area contributed by atoms with Crippen LogP contribution in [0.2, 0.25) is 0 Å². The maximum Gasteiger partial charge on any atom is 0.212 e. The van der Waals surface area contributed by atoms with Gasteiger partial charge in [0.25, 0.3) is 0 Å². The zero-order valence-electron chi connectivity index (χ0n) is 13.7. The van der Waals surface area contributed by atoms with Crippen LogP contribution in [0.25, 0.3) is 0 Å². The monoisotopic (exact) mass is 354 g/mol. The third-order valence-corrected chi connectivity index (χ3v) is 9.14. The molecular formula is C21H20ClOP. The van der Waals surface area contributed by atoms with Crippen LogP contribution < -0.4 is 33.1 Å². The molecule has 0 spiro atoms. The predicted octanol–water partition coefficient (Wildman–Crippen LogP) is 1.50. The molecule has 3 heteroatoms. The van der Waals surface area contributed by atoms with Gasteiger partial charge in [0, 0.05) is 0 Å². The number of rotatable bonds is 5. The quantitative estimate of drug-likeness (QED) is 0.391. The summed E-state index contributed by atoms with van der Waals surface area (Å²) < 4.78 is 5.79. The second kappa shape index (κ2) is 6.97. The minimum atomic E-state index is -1.66. The van der Waals surface area contributed by atoms with Crippen molar-refractivity contribution in [1.82, 2.24) is 0 Å². The van der Waals surface area contributed by atoms with Gasteiger partial charge in [-0.2, -0.15) is 0 Å². The van der Waals surface area contributed by atoms with Crippen molar-refractivity contribution in [3.05, 3.63) is 78.9 Å². The van der Waals surface area contributed by atoms with Gasteiger partial charge in [0.1, 0.15) is 17.9 Å². The minimum absolute atomic E-state index is 0. The topological polar surface area (TPSA) is 12.5 Å². The second-order valence-corrected chi connectivity index (χ2v) is 9.49. The first-order chi connectivity index (χ1) is 11.4. The Bertz CT molecular complexity index is 778. The van der Waals surface area contributed by atoms with Gasteiger partial charge in [0.15, 0.2) is 11.1 Å². The van der Waals surface area contributed by atoms with E-state index in [1.54, 1.807) is 0 Å². The molecule has 1 aliphatic rings. The van der Waals surface area contributed by atoms with Crippen molar-refractivity contribution in [2.75, 3.05) is 6.16 Å². The van der Waals surface area contributed by atoms with Crippen LogP contribution in [0.5, 0.6) is 11.5 Å². The van der Waals surface area contributed by atoms with E-state index in [9.17, 15) is 0 Å². The molecule has 3 aromatic rings. The van der Waals surface area contributed by atoms with Crippen LogP contribution in [0.15, 0.2) is 78.9 Å². The maximum atomic E-state index is 5.79. The van der Waals surface area contributed by atoms with E-state index in [1.807, 2.05) is 0 Å². The van der Waals surface area contributed by atoms with Crippen molar-refractivity contribution in [2.45, 2.75) is 13.3 Å². The Labute approximate surface area is 150 Å². The molecule has 0 saturated carbocycles. The minimum Gasteiger partial charge on any atom is -1.00 e. The lowest BCUT2D eigenvalue weighted by molar-refractivity contribution is -0.00000484. The Kier molecular flexibility index (Phi) is 4.94. The fraction of sp³-hybridized carbons (Fsp3) is 0.143. The third kappa shape index (κ3) is 2.73. The van der Waals surface area contributed by atoms with E-state index >= 15 is 0 Å². The zero-order valence-corrected chi connectivity index (χ0v) is 15.3. The summed E-state index contributed by atoms with van der Waals surface area (Å²) in [7, 11) is -1.66. The fourth-order valence-electron chi connectivity index (χ4n) is 3.48. The van der Waals surface area contributed by atoms with E-state index in [2.05, 4.69) is 85.8 Å². The highest BCUT2D eigenvalue weighted by atomic mass is 35.5. The molecule has 0 aliphatic carbocycles. The number of hydrogen-bond donors (Lipinski definition) is 0. The number of fused-ring (bicyclic) bond motifs is 1. The molecule has 3 aromatic carbocycles. The number of ether oxygens (including phenoxy) is 1. The van der Waals surface area contributed by atoms with Gasteiger partial charge in [0.05, 0.1) is 6.16 Å². The lowest BCUT2D eigenvalue weighted by atomic mass is 10.4. The Hall–Kier alpha value is -1.82. The molecule has 0 aromatic heterocycles. The van der Waals surface area contributed by atoms with Gasteiger partial charge in [-0.15, -0.1) is 0 Å². The lowest BCUT2D eigenvalue weighted by Crippen LogP contribution is -3.00. The molecule has 0 radical (unpaired) electrons. The second-order valence-electron chi connectivity index (χ2n) is 5.91. The van der Waals surface area contributed by atoms with E-state index < -0.39 is 7.26 Å². The van der Waals surface area contributed by atoms with Gasteiger partial charge in [-0.25, -0.2) is 0 Å². The van der Waals surface area contributed by atoms with Crippen molar-refractivity contribution in [1.29, 1.82) is 0 Å². The van der Waals surface area contributed by atoms with Crippen LogP contribution in [0.3, 0.4) is 0 Å². The highest BCUT2D eigenvalue weighted by Crippen LogP contribution is 2.61. The van der Waals surface area contributed by atoms with Crippen molar-refractivity contribution >= 4 is 23.2 Å². The SMILES string of the molecule is CCC[P+](c1ccccc1)(c1ccccc1)c1cccc2c1O2.[Cl-]. The molecule has 0 N–H and O–H groups in total. The first-order valence-electron chi connectivity index (χ1n) is 8.17. The molecule has 1 nitrogen and oxygen atoms in total. The first-order valence-corrected chi connectivity index (χ1v) is 10.1. The average molecular weight is 355 g/mol. The smallest absolute Gasteiger partial charge is 0.212 e. The molecule has 0 fully saturated rings. The summed E-state index contributed by atoms with van der Waals surface area (Å²) in [5.74, 6) is 2.16. The van der Waals surface area contributed by atoms with Crippen LogP contribution in [-0.4, -0.2) is 6.16 Å². The van der Waals surface area contributed by atoms with E-state index in [0.717, 1.165) is 17.9 Å². The summed E-state index contributed by atoms with van der Waals surface area (Å²) in [5, 5.41) is 4.28. The summed E-state index contributed by atoms with van der Waals surface area (Å²) in [6, 6.07) is 28.5. The first kappa shape index (κ1) is 17.0. The molecule has 0 atom stereocenters. The van der Waals surface area contributed by atoms with Crippen LogP contribution in [0.4, 0.5) is 0 Å². The highest BCUT2D eigenvalue weighted by Gasteiger charge is 2.49. The Balaban J connectivity index is 0.00000169. The lowest BCUT2D eigenvalue weighted by Gasteiger charge is -2.26. The van der Waals surface area contributed by atoms with Crippen LogP contribution >= 0.6 is 7.26 Å². The van der Waals surface area contributed by atoms with Crippen LogP contribution in [-0.2, 0) is 0 Å². The third-order valence-electron chi connectivity index (χ3n) is 4.49. The standard InChI is InChI=1S/C21H20OP.ClH/c1-2-16-23(17-10-5-3-6-11-17,18-12-7-4-8-13-18)20-15-9-14-19-21(20)22-19;/h3-15H,2,16H2,1H3;1H/q+1;/p-1. The molecule has 24 heavy (non-hydrogen) atoms. The van der Waals surface area contributed by atoms with E-state index in [-0.39, 0.29) is 12.4 Å². The number of para-hydroxylation sites is 1. The predicted molar refractivity (Wildman–Crippen MR) is 100 cm³/mol. The van der Waals surface area contributed by atoms with Crippen LogP contribution in [0, 0.1) is 0 Å². The van der Waals surface area contributed by atoms with Crippen molar-refractivity contribution in [3.8, 4) is 11.5 Å². The molecule has 0 unspecified atom stereocenters. The summed E-state index contributed by atoms with van der Waals surface area (Å²) in [5.41, 5.74) is 0. The van der Waals surface area contributed by atoms with E-state index in [1.165, 1.54) is 22.1 Å². The van der Waals surface area contributed by atoms with E-state index in [0.29, 0.717) is 0 Å². The number of hydrogen-bond acceptors (Lipinski definition) is 1. The fourth-order valence-corrected chi connectivity index (χ4v) is 7.97. The molecule has 1 heterocycles. The average Bonchev–Trinajstić information content (AvgIpc) is 3.41. The Morgan fingerprint density at radius 2 is 1.33 bits per heavy atom. The molecule has 0 bridgehead atoms. The molecule has 1 aliphatic heterocycles. The summed E-state index contributed by atoms with van der Waals surface area (Å²) in [6.45, 7) is 2.28. The van der Waals surface area contributed by atoms with Crippen molar-refractivity contribution in [3.63, 3.8) is 0 Å². The molecule has 0 saturated heterocycles. The van der Waals surface area contributed by atoms with Gasteiger partial charge in [-0.1, -0.05) is 49.4 Å². The van der Waals surface area contributed by atoms with Crippen LogP contribution in [0.1, 0.15) is 13.3 Å². The Morgan fingerprint density at radius 3 is 1.88 bits per heavy atom. The molecular weight excluding hydrogens is 335 g/mol. The van der Waals surface area contributed by atoms with Gasteiger partial charge in [-0.3, -0.25) is 0 Å². The number of benzene rings is 3. The highest BCUT2D eigenvalue weighted by molar-refractivity contribution is 7.95. The van der Waals surface area contributed by atoms with Crippen molar-refractivity contribution in [2.24, 2.45) is 0 Å². The zero-order chi connectivity index (χ0) is 15.7. The molecule has 4 rings (SSSR count).